The van der Waals surface area contributed by atoms with Crippen LogP contribution < -0.4 is 0 Å². The van der Waals surface area contributed by atoms with Gasteiger partial charge in [0, 0.05) is 11.8 Å². The second kappa shape index (κ2) is 12.4. The summed E-state index contributed by atoms with van der Waals surface area (Å²) in [5.41, 5.74) is 0.388. The molecule has 0 saturated carbocycles. The molecule has 12 heteroatoms. The van der Waals surface area contributed by atoms with Crippen LogP contribution in [0.1, 0.15) is 11.9 Å². The minimum atomic E-state index is -2.07. The lowest BCUT2D eigenvalue weighted by atomic mass is 10.2. The second-order valence-electron chi connectivity index (χ2n) is 5.96. The van der Waals surface area contributed by atoms with Crippen molar-refractivity contribution in [3.05, 3.63) is 90.5 Å². The summed E-state index contributed by atoms with van der Waals surface area (Å²) in [6.07, 6.45) is 0.107. The lowest BCUT2D eigenvalue weighted by Crippen LogP contribution is -2.12. The van der Waals surface area contributed by atoms with Crippen LogP contribution in [0.25, 0.3) is 0 Å². The van der Waals surface area contributed by atoms with E-state index in [2.05, 4.69) is 0 Å². The molecule has 0 radical (unpaired) electrons. The van der Waals surface area contributed by atoms with Gasteiger partial charge < -0.3 is 0 Å². The van der Waals surface area contributed by atoms with Gasteiger partial charge in [-0.15, -0.1) is 8.67 Å². The molecule has 0 spiro atoms. The maximum atomic E-state index is 12.4. The molecule has 0 aliphatic rings. The molecule has 0 heterocycles. The van der Waals surface area contributed by atoms with Crippen molar-refractivity contribution < 1.29 is 33.9 Å². The van der Waals surface area contributed by atoms with Crippen molar-refractivity contribution in [3.8, 4) is 0 Å². The van der Waals surface area contributed by atoms with Crippen LogP contribution in [-0.4, -0.2) is 23.1 Å². The molecule has 0 fully saturated rings. The number of rotatable bonds is 11. The fraction of sp³-hybridized carbons (Fsp3) is 0.100. The highest BCUT2D eigenvalue weighted by atomic mass is 32.2. The first kappa shape index (κ1) is 24.7. The fourth-order valence-electron chi connectivity index (χ4n) is 2.31. The van der Waals surface area contributed by atoms with Gasteiger partial charge in [0.25, 0.3) is 0 Å². The Hall–Kier alpha value is -1.90. The normalized spacial score (nSPS) is 16.0. The third-order valence-corrected chi connectivity index (χ3v) is 7.00. The van der Waals surface area contributed by atoms with Gasteiger partial charge in [-0.2, -0.15) is 0 Å². The molecule has 5 atom stereocenters. The van der Waals surface area contributed by atoms with Crippen molar-refractivity contribution in [2.45, 2.75) is 21.0 Å². The largest absolute Gasteiger partial charge is 0.253 e. The van der Waals surface area contributed by atoms with Crippen molar-refractivity contribution in [2.24, 2.45) is 0 Å². The Balaban J connectivity index is 1.65. The molecule has 5 unspecified atom stereocenters. The molecule has 0 amide bonds. The Morgan fingerprint density at radius 1 is 0.562 bits per heavy atom. The van der Waals surface area contributed by atoms with E-state index < -0.39 is 50.6 Å². The molecule has 0 aliphatic carbocycles. The van der Waals surface area contributed by atoms with Crippen molar-refractivity contribution in [3.63, 3.8) is 0 Å². The highest BCUT2D eigenvalue weighted by Gasteiger charge is 2.20. The molecule has 3 aromatic rings. The summed E-state index contributed by atoms with van der Waals surface area (Å²) in [5, 5.41) is 0. The van der Waals surface area contributed by atoms with Crippen molar-refractivity contribution >= 4 is 44.3 Å². The zero-order chi connectivity index (χ0) is 22.9. The van der Waals surface area contributed by atoms with E-state index in [9.17, 15) is 16.8 Å². The molecule has 0 saturated heterocycles. The van der Waals surface area contributed by atoms with Crippen LogP contribution >= 0.6 is 0 Å². The Kier molecular flexibility index (Phi) is 9.56. The Morgan fingerprint density at radius 3 is 1.47 bits per heavy atom. The van der Waals surface area contributed by atoms with Crippen LogP contribution in [0, 0.1) is 0 Å². The first-order valence-corrected chi connectivity index (χ1v) is 13.6. The van der Waals surface area contributed by atoms with Crippen molar-refractivity contribution in [1.29, 1.82) is 0 Å². The molecule has 3 rings (SSSR count). The SMILES string of the molecule is CS(=O)OC(OS(=O)c1ccccc1)c1ccc(S(=O)OOS(=O)c2ccccc2)cc1. The highest BCUT2D eigenvalue weighted by Crippen LogP contribution is 2.25. The third kappa shape index (κ3) is 7.32. The summed E-state index contributed by atoms with van der Waals surface area (Å²) >= 11 is -7.59. The standard InChI is InChI=1S/C20H18O8S4/c1-29(21)25-20(26-30(22)17-8-4-2-5-9-17)16-12-14-19(15-13-16)32(24)28-27-31(23)18-10-6-3-7-11-18/h2-15,20H,1H3. The summed E-state index contributed by atoms with van der Waals surface area (Å²) in [5.74, 6) is 0. The summed E-state index contributed by atoms with van der Waals surface area (Å²) < 4.78 is 68.4. The van der Waals surface area contributed by atoms with Gasteiger partial charge in [-0.05, 0) is 36.4 Å². The van der Waals surface area contributed by atoms with Crippen LogP contribution in [0.5, 0.6) is 0 Å². The molecule has 8 nitrogen and oxygen atoms in total. The van der Waals surface area contributed by atoms with Gasteiger partial charge in [0.15, 0.2) is 22.2 Å². The zero-order valence-corrected chi connectivity index (χ0v) is 19.8. The first-order chi connectivity index (χ1) is 15.4. The number of hydrogen-bond acceptors (Lipinski definition) is 8. The van der Waals surface area contributed by atoms with Crippen LogP contribution in [0.4, 0.5) is 0 Å². The highest BCUT2D eigenvalue weighted by molar-refractivity contribution is 7.82. The van der Waals surface area contributed by atoms with Gasteiger partial charge in [0.2, 0.25) is 28.5 Å². The van der Waals surface area contributed by atoms with Crippen LogP contribution in [0.2, 0.25) is 0 Å². The Labute approximate surface area is 195 Å². The molecular weight excluding hydrogens is 496 g/mol. The van der Waals surface area contributed by atoms with Gasteiger partial charge in [-0.1, -0.05) is 48.5 Å². The minimum absolute atomic E-state index is 0.208. The van der Waals surface area contributed by atoms with E-state index >= 15 is 0 Å². The van der Waals surface area contributed by atoms with E-state index in [1.54, 1.807) is 60.7 Å². The smallest absolute Gasteiger partial charge is 0.221 e. The van der Waals surface area contributed by atoms with E-state index in [4.69, 9.17) is 17.0 Å². The predicted octanol–water partition coefficient (Wildman–Crippen LogP) is 3.43. The maximum Gasteiger partial charge on any atom is 0.221 e. The molecule has 0 N–H and O–H groups in total. The Bertz CT molecular complexity index is 1110. The molecule has 170 valence electrons. The van der Waals surface area contributed by atoms with Crippen molar-refractivity contribution in [1.82, 2.24) is 0 Å². The monoisotopic (exact) mass is 514 g/mol. The average molecular weight is 515 g/mol. The average Bonchev–Trinajstić information content (AvgIpc) is 2.82. The second-order valence-corrected chi connectivity index (χ2v) is 10.2. The lowest BCUT2D eigenvalue weighted by molar-refractivity contribution is -0.0705. The summed E-state index contributed by atoms with van der Waals surface area (Å²) in [6.45, 7) is 0. The summed E-state index contributed by atoms with van der Waals surface area (Å²) in [7, 11) is 0. The summed E-state index contributed by atoms with van der Waals surface area (Å²) in [6, 6.07) is 22.6. The van der Waals surface area contributed by atoms with Crippen LogP contribution in [0.3, 0.4) is 0 Å². The van der Waals surface area contributed by atoms with Gasteiger partial charge >= 0.3 is 0 Å². The van der Waals surface area contributed by atoms with E-state index in [-0.39, 0.29) is 4.90 Å². The van der Waals surface area contributed by atoms with Crippen LogP contribution in [-0.2, 0) is 61.4 Å². The molecule has 0 aliphatic heterocycles. The third-order valence-electron chi connectivity index (χ3n) is 3.77. The maximum absolute atomic E-state index is 12.4. The lowest BCUT2D eigenvalue weighted by Gasteiger charge is -2.16. The molecule has 3 aromatic carbocycles. The van der Waals surface area contributed by atoms with E-state index in [0.29, 0.717) is 15.4 Å². The van der Waals surface area contributed by atoms with E-state index in [1.807, 2.05) is 0 Å². The van der Waals surface area contributed by atoms with Gasteiger partial charge in [0.05, 0.1) is 14.7 Å². The molecule has 32 heavy (non-hydrogen) atoms. The minimum Gasteiger partial charge on any atom is -0.253 e. The molecule has 0 aromatic heterocycles. The van der Waals surface area contributed by atoms with Crippen molar-refractivity contribution in [2.75, 3.05) is 6.26 Å². The topological polar surface area (TPSA) is 105 Å². The first-order valence-electron chi connectivity index (χ1n) is 8.92. The van der Waals surface area contributed by atoms with Gasteiger partial charge in [0.1, 0.15) is 0 Å². The zero-order valence-electron chi connectivity index (χ0n) is 16.6. The quantitative estimate of drug-likeness (QED) is 0.218. The predicted molar refractivity (Wildman–Crippen MR) is 120 cm³/mol. The van der Waals surface area contributed by atoms with E-state index in [0.717, 1.165) is 0 Å². The molecular formula is C20H18O8S4. The van der Waals surface area contributed by atoms with Gasteiger partial charge in [-0.25, -0.2) is 21.0 Å². The van der Waals surface area contributed by atoms with E-state index in [1.165, 1.54) is 30.5 Å². The fourth-order valence-corrected chi connectivity index (χ4v) is 4.86. The van der Waals surface area contributed by atoms with Crippen LogP contribution in [0.15, 0.2) is 99.6 Å². The number of hydrogen-bond donors (Lipinski definition) is 0. The number of benzene rings is 3. The van der Waals surface area contributed by atoms with Gasteiger partial charge in [-0.3, -0.25) is 4.18 Å². The summed E-state index contributed by atoms with van der Waals surface area (Å²) in [4.78, 5) is 0.980. The molecule has 0 bridgehead atoms. The Morgan fingerprint density at radius 2 is 1.00 bits per heavy atom.